The Morgan fingerprint density at radius 1 is 1.25 bits per heavy atom. The van der Waals surface area contributed by atoms with Crippen molar-refractivity contribution < 1.29 is 9.21 Å². The first-order chi connectivity index (χ1) is 11.8. The Morgan fingerprint density at radius 2 is 2.17 bits per heavy atom. The highest BCUT2D eigenvalue weighted by Gasteiger charge is 2.12. The van der Waals surface area contributed by atoms with Gasteiger partial charge in [0.1, 0.15) is 5.69 Å². The lowest BCUT2D eigenvalue weighted by molar-refractivity contribution is 0.0949. The van der Waals surface area contributed by atoms with Crippen molar-refractivity contribution in [1.82, 2.24) is 15.5 Å². The van der Waals surface area contributed by atoms with Crippen molar-refractivity contribution >= 4 is 27.3 Å². The molecule has 0 radical (unpaired) electrons. The molecule has 1 amide bonds. The largest absolute Gasteiger partial charge is 0.463 e. The third kappa shape index (κ3) is 2.83. The maximum absolute atomic E-state index is 12.2. The molecule has 0 aliphatic heterocycles. The molecule has 1 aromatic carbocycles. The molecule has 0 saturated heterocycles. The number of benzene rings is 1. The normalized spacial score (nSPS) is 11.0. The fourth-order valence-corrected chi connectivity index (χ4v) is 3.62. The predicted molar refractivity (Wildman–Crippen MR) is 94.2 cm³/mol. The number of thiophene rings is 1. The van der Waals surface area contributed by atoms with Crippen molar-refractivity contribution in [2.45, 2.75) is 6.42 Å². The standard InChI is InChI=1S/C18H15N3O2S/c22-18(15-10-14(20-21-15)16-5-3-9-23-16)19-8-7-12-11-24-17-6-2-1-4-13(12)17/h1-6,9-11H,7-8H2,(H,19,22)(H,20,21). The molecular weight excluding hydrogens is 322 g/mol. The topological polar surface area (TPSA) is 70.9 Å². The van der Waals surface area contributed by atoms with E-state index in [1.807, 2.05) is 18.2 Å². The molecule has 0 bridgehead atoms. The fourth-order valence-electron chi connectivity index (χ4n) is 2.62. The Hall–Kier alpha value is -2.86. The van der Waals surface area contributed by atoms with E-state index >= 15 is 0 Å². The summed E-state index contributed by atoms with van der Waals surface area (Å²) in [4.78, 5) is 12.2. The lowest BCUT2D eigenvalue weighted by Gasteiger charge is -2.02. The Morgan fingerprint density at radius 3 is 3.04 bits per heavy atom. The van der Waals surface area contributed by atoms with Crippen molar-refractivity contribution in [3.8, 4) is 11.5 Å². The van der Waals surface area contributed by atoms with Crippen molar-refractivity contribution in [3.63, 3.8) is 0 Å². The van der Waals surface area contributed by atoms with Gasteiger partial charge in [0, 0.05) is 17.3 Å². The monoisotopic (exact) mass is 337 g/mol. The molecule has 0 saturated carbocycles. The van der Waals surface area contributed by atoms with Gasteiger partial charge in [-0.3, -0.25) is 9.89 Å². The van der Waals surface area contributed by atoms with Crippen LogP contribution in [0.3, 0.4) is 0 Å². The van der Waals surface area contributed by atoms with E-state index in [4.69, 9.17) is 4.42 Å². The maximum atomic E-state index is 12.2. The van der Waals surface area contributed by atoms with E-state index < -0.39 is 0 Å². The summed E-state index contributed by atoms with van der Waals surface area (Å²) in [6.07, 6.45) is 2.38. The van der Waals surface area contributed by atoms with Crippen LogP contribution in [0.4, 0.5) is 0 Å². The van der Waals surface area contributed by atoms with Gasteiger partial charge in [-0.2, -0.15) is 5.10 Å². The number of hydrogen-bond donors (Lipinski definition) is 2. The minimum absolute atomic E-state index is 0.191. The minimum Gasteiger partial charge on any atom is -0.463 e. The SMILES string of the molecule is O=C(NCCc1csc2ccccc12)c1cc(-c2ccco2)[nH]n1. The minimum atomic E-state index is -0.191. The van der Waals surface area contributed by atoms with Gasteiger partial charge in [-0.25, -0.2) is 0 Å². The summed E-state index contributed by atoms with van der Waals surface area (Å²) in [5.41, 5.74) is 2.31. The Bertz CT molecular complexity index is 969. The van der Waals surface area contributed by atoms with Gasteiger partial charge in [0.15, 0.2) is 11.5 Å². The summed E-state index contributed by atoms with van der Waals surface area (Å²) in [6, 6.07) is 13.6. The summed E-state index contributed by atoms with van der Waals surface area (Å²) < 4.78 is 6.55. The van der Waals surface area contributed by atoms with Crippen LogP contribution in [0.15, 0.2) is 58.5 Å². The molecule has 0 atom stereocenters. The van der Waals surface area contributed by atoms with Gasteiger partial charge >= 0.3 is 0 Å². The summed E-state index contributed by atoms with van der Waals surface area (Å²) in [7, 11) is 0. The average Bonchev–Trinajstić information content (AvgIpc) is 3.35. The number of aromatic amines is 1. The molecule has 0 aliphatic rings. The van der Waals surface area contributed by atoms with Gasteiger partial charge < -0.3 is 9.73 Å². The highest BCUT2D eigenvalue weighted by atomic mass is 32.1. The maximum Gasteiger partial charge on any atom is 0.271 e. The van der Waals surface area contributed by atoms with Crippen LogP contribution in [-0.4, -0.2) is 22.6 Å². The smallest absolute Gasteiger partial charge is 0.271 e. The van der Waals surface area contributed by atoms with Crippen molar-refractivity contribution in [3.05, 3.63) is 65.4 Å². The Labute approximate surface area is 142 Å². The van der Waals surface area contributed by atoms with Crippen molar-refractivity contribution in [2.24, 2.45) is 0 Å². The van der Waals surface area contributed by atoms with Crippen LogP contribution in [0.2, 0.25) is 0 Å². The summed E-state index contributed by atoms with van der Waals surface area (Å²) >= 11 is 1.73. The number of amides is 1. The summed E-state index contributed by atoms with van der Waals surface area (Å²) in [5.74, 6) is 0.467. The van der Waals surface area contributed by atoms with Crippen LogP contribution in [0.5, 0.6) is 0 Å². The second-order valence-electron chi connectivity index (χ2n) is 5.41. The van der Waals surface area contributed by atoms with E-state index in [9.17, 15) is 4.79 Å². The first-order valence-corrected chi connectivity index (χ1v) is 8.52. The third-order valence-electron chi connectivity index (χ3n) is 3.84. The third-order valence-corrected chi connectivity index (χ3v) is 4.85. The van der Waals surface area contributed by atoms with E-state index in [0.29, 0.717) is 23.7 Å². The summed E-state index contributed by atoms with van der Waals surface area (Å²) in [6.45, 7) is 0.572. The predicted octanol–water partition coefficient (Wildman–Crippen LogP) is 3.86. The van der Waals surface area contributed by atoms with Gasteiger partial charge in [-0.1, -0.05) is 18.2 Å². The lowest BCUT2D eigenvalue weighted by Crippen LogP contribution is -2.25. The van der Waals surface area contributed by atoms with E-state index in [2.05, 4.69) is 33.0 Å². The molecule has 4 aromatic rings. The molecule has 0 fully saturated rings. The van der Waals surface area contributed by atoms with Gasteiger partial charge in [-0.05, 0) is 40.9 Å². The second kappa shape index (κ2) is 6.33. The van der Waals surface area contributed by atoms with E-state index in [-0.39, 0.29) is 5.91 Å². The number of aromatic nitrogens is 2. The number of furan rings is 1. The van der Waals surface area contributed by atoms with Crippen molar-refractivity contribution in [1.29, 1.82) is 0 Å². The van der Waals surface area contributed by atoms with Crippen molar-refractivity contribution in [2.75, 3.05) is 6.54 Å². The van der Waals surface area contributed by atoms with Crippen LogP contribution in [-0.2, 0) is 6.42 Å². The molecule has 3 aromatic heterocycles. The molecule has 0 spiro atoms. The van der Waals surface area contributed by atoms with Crippen LogP contribution in [0, 0.1) is 0 Å². The molecule has 3 heterocycles. The zero-order valence-electron chi connectivity index (χ0n) is 12.8. The van der Waals surface area contributed by atoms with Gasteiger partial charge in [0.25, 0.3) is 5.91 Å². The number of fused-ring (bicyclic) bond motifs is 1. The highest BCUT2D eigenvalue weighted by molar-refractivity contribution is 7.17. The number of hydrogen-bond acceptors (Lipinski definition) is 4. The van der Waals surface area contributed by atoms with Crippen LogP contribution < -0.4 is 5.32 Å². The van der Waals surface area contributed by atoms with E-state index in [1.54, 1.807) is 29.7 Å². The quantitative estimate of drug-likeness (QED) is 0.581. The number of H-pyrrole nitrogens is 1. The molecule has 24 heavy (non-hydrogen) atoms. The molecular formula is C18H15N3O2S. The summed E-state index contributed by atoms with van der Waals surface area (Å²) in [5, 5.41) is 13.2. The molecule has 6 heteroatoms. The lowest BCUT2D eigenvalue weighted by atomic mass is 10.1. The molecule has 2 N–H and O–H groups in total. The number of carbonyl (C=O) groups is 1. The van der Waals surface area contributed by atoms with Crippen LogP contribution in [0.25, 0.3) is 21.5 Å². The Kier molecular flexibility index (Phi) is 3.88. The Balaban J connectivity index is 1.38. The number of rotatable bonds is 5. The number of nitrogens with zero attached hydrogens (tertiary/aromatic N) is 1. The first-order valence-electron chi connectivity index (χ1n) is 7.64. The van der Waals surface area contributed by atoms with Crippen LogP contribution in [0.1, 0.15) is 16.1 Å². The number of nitrogens with one attached hydrogen (secondary N) is 2. The van der Waals surface area contributed by atoms with Gasteiger partial charge in [0.05, 0.1) is 6.26 Å². The zero-order valence-corrected chi connectivity index (χ0v) is 13.6. The van der Waals surface area contributed by atoms with E-state index in [0.717, 1.165) is 6.42 Å². The molecule has 0 aliphatic carbocycles. The molecule has 5 nitrogen and oxygen atoms in total. The molecule has 4 rings (SSSR count). The highest BCUT2D eigenvalue weighted by Crippen LogP contribution is 2.25. The van der Waals surface area contributed by atoms with E-state index in [1.165, 1.54) is 15.6 Å². The van der Waals surface area contributed by atoms with Crippen LogP contribution >= 0.6 is 11.3 Å². The molecule has 120 valence electrons. The first kappa shape index (κ1) is 14.7. The zero-order chi connectivity index (χ0) is 16.4. The fraction of sp³-hybridized carbons (Fsp3) is 0.111. The van der Waals surface area contributed by atoms with Gasteiger partial charge in [-0.15, -0.1) is 11.3 Å². The number of carbonyl (C=O) groups excluding carboxylic acids is 1. The molecule has 0 unspecified atom stereocenters. The average molecular weight is 337 g/mol. The second-order valence-corrected chi connectivity index (χ2v) is 6.32. The van der Waals surface area contributed by atoms with Gasteiger partial charge in [0.2, 0.25) is 0 Å².